The third-order valence-corrected chi connectivity index (χ3v) is 3.03. The van der Waals surface area contributed by atoms with Gasteiger partial charge in [-0.05, 0) is 36.2 Å². The van der Waals surface area contributed by atoms with Crippen LogP contribution in [0.2, 0.25) is 5.28 Å². The first-order chi connectivity index (χ1) is 9.63. The number of ether oxygens (including phenoxy) is 2. The third kappa shape index (κ3) is 3.30. The maximum absolute atomic E-state index is 5.79. The summed E-state index contributed by atoms with van der Waals surface area (Å²) in [6.07, 6.45) is 1.69. The van der Waals surface area contributed by atoms with Gasteiger partial charge < -0.3 is 14.8 Å². The fraction of sp³-hybridized carbons (Fsp3) is 0.286. The molecule has 6 heteroatoms. The number of hydrogen-bond donors (Lipinski definition) is 1. The summed E-state index contributed by atoms with van der Waals surface area (Å²) in [4.78, 5) is 8.07. The van der Waals surface area contributed by atoms with E-state index in [4.69, 9.17) is 21.1 Å². The second kappa shape index (κ2) is 6.43. The van der Waals surface area contributed by atoms with Gasteiger partial charge in [-0.15, -0.1) is 0 Å². The SMILES string of the molecule is COc1ccc(CNc2nc(Cl)ncc2C)cc1OC. The molecule has 0 unspecified atom stereocenters. The second-order valence-corrected chi connectivity index (χ2v) is 4.55. The lowest BCUT2D eigenvalue weighted by Crippen LogP contribution is -2.04. The highest BCUT2D eigenvalue weighted by Gasteiger charge is 2.06. The van der Waals surface area contributed by atoms with Crippen molar-refractivity contribution in [3.8, 4) is 11.5 Å². The Morgan fingerprint density at radius 3 is 2.65 bits per heavy atom. The van der Waals surface area contributed by atoms with Gasteiger partial charge in [0.1, 0.15) is 5.82 Å². The van der Waals surface area contributed by atoms with Gasteiger partial charge in [0.25, 0.3) is 0 Å². The largest absolute Gasteiger partial charge is 0.493 e. The molecule has 0 spiro atoms. The Morgan fingerprint density at radius 1 is 1.20 bits per heavy atom. The minimum absolute atomic E-state index is 0.227. The maximum atomic E-state index is 5.79. The Kier molecular flexibility index (Phi) is 4.63. The number of rotatable bonds is 5. The molecule has 0 radical (unpaired) electrons. The summed E-state index contributed by atoms with van der Waals surface area (Å²) in [5.41, 5.74) is 1.99. The van der Waals surface area contributed by atoms with Crippen molar-refractivity contribution in [3.05, 3.63) is 40.8 Å². The Bertz CT molecular complexity index is 605. The van der Waals surface area contributed by atoms with E-state index < -0.39 is 0 Å². The van der Waals surface area contributed by atoms with E-state index in [0.717, 1.165) is 16.9 Å². The summed E-state index contributed by atoms with van der Waals surface area (Å²) in [5.74, 6) is 2.13. The molecule has 0 fully saturated rings. The zero-order valence-corrected chi connectivity index (χ0v) is 12.4. The summed E-state index contributed by atoms with van der Waals surface area (Å²) in [5, 5.41) is 3.45. The van der Waals surface area contributed by atoms with Crippen LogP contribution in [0.3, 0.4) is 0 Å². The summed E-state index contributed by atoms with van der Waals surface area (Å²) < 4.78 is 10.5. The molecule has 0 saturated heterocycles. The molecule has 106 valence electrons. The van der Waals surface area contributed by atoms with E-state index >= 15 is 0 Å². The topological polar surface area (TPSA) is 56.3 Å². The molecular formula is C14H16ClN3O2. The van der Waals surface area contributed by atoms with Gasteiger partial charge in [0.05, 0.1) is 14.2 Å². The van der Waals surface area contributed by atoms with E-state index in [1.807, 2.05) is 25.1 Å². The molecule has 0 bridgehead atoms. The van der Waals surface area contributed by atoms with Crippen LogP contribution in [-0.2, 0) is 6.54 Å². The van der Waals surface area contributed by atoms with Crippen LogP contribution in [0.5, 0.6) is 11.5 Å². The number of benzene rings is 1. The van der Waals surface area contributed by atoms with Crippen LogP contribution in [0.4, 0.5) is 5.82 Å². The Morgan fingerprint density at radius 2 is 1.95 bits per heavy atom. The molecule has 0 saturated carbocycles. The molecule has 0 atom stereocenters. The monoisotopic (exact) mass is 293 g/mol. The first kappa shape index (κ1) is 14.4. The van der Waals surface area contributed by atoms with Crippen LogP contribution in [-0.4, -0.2) is 24.2 Å². The number of nitrogens with zero attached hydrogens (tertiary/aromatic N) is 2. The first-order valence-electron chi connectivity index (χ1n) is 6.08. The van der Waals surface area contributed by atoms with E-state index in [1.54, 1.807) is 20.4 Å². The van der Waals surface area contributed by atoms with Crippen molar-refractivity contribution >= 4 is 17.4 Å². The fourth-order valence-corrected chi connectivity index (χ4v) is 1.91. The van der Waals surface area contributed by atoms with Crippen LogP contribution in [0.25, 0.3) is 0 Å². The van der Waals surface area contributed by atoms with E-state index in [9.17, 15) is 0 Å². The van der Waals surface area contributed by atoms with Crippen LogP contribution in [0.15, 0.2) is 24.4 Å². The molecule has 5 nitrogen and oxygen atoms in total. The van der Waals surface area contributed by atoms with Crippen molar-refractivity contribution in [1.29, 1.82) is 0 Å². The van der Waals surface area contributed by atoms with Crippen molar-refractivity contribution in [2.45, 2.75) is 13.5 Å². The molecule has 0 aliphatic carbocycles. The van der Waals surface area contributed by atoms with Crippen LogP contribution >= 0.6 is 11.6 Å². The summed E-state index contributed by atoms with van der Waals surface area (Å²) in [7, 11) is 3.23. The highest BCUT2D eigenvalue weighted by Crippen LogP contribution is 2.27. The van der Waals surface area contributed by atoms with Gasteiger partial charge in [0.2, 0.25) is 5.28 Å². The Balaban J connectivity index is 2.12. The number of methoxy groups -OCH3 is 2. The molecule has 0 aliphatic heterocycles. The summed E-state index contributed by atoms with van der Waals surface area (Å²) in [6.45, 7) is 2.53. The fourth-order valence-electron chi connectivity index (χ4n) is 1.78. The lowest BCUT2D eigenvalue weighted by molar-refractivity contribution is 0.354. The number of nitrogens with one attached hydrogen (secondary N) is 1. The zero-order valence-electron chi connectivity index (χ0n) is 11.6. The normalized spacial score (nSPS) is 10.2. The van der Waals surface area contributed by atoms with E-state index in [2.05, 4.69) is 15.3 Å². The van der Waals surface area contributed by atoms with Gasteiger partial charge in [0.15, 0.2) is 11.5 Å². The van der Waals surface area contributed by atoms with E-state index in [-0.39, 0.29) is 5.28 Å². The first-order valence-corrected chi connectivity index (χ1v) is 6.45. The third-order valence-electron chi connectivity index (χ3n) is 2.85. The smallest absolute Gasteiger partial charge is 0.224 e. The maximum Gasteiger partial charge on any atom is 0.224 e. The van der Waals surface area contributed by atoms with Gasteiger partial charge in [-0.25, -0.2) is 9.97 Å². The van der Waals surface area contributed by atoms with Gasteiger partial charge in [0, 0.05) is 18.3 Å². The van der Waals surface area contributed by atoms with Crippen molar-refractivity contribution in [2.24, 2.45) is 0 Å². The Labute approximate surface area is 122 Å². The lowest BCUT2D eigenvalue weighted by atomic mass is 10.2. The molecule has 1 aromatic heterocycles. The molecule has 0 aliphatic rings. The summed E-state index contributed by atoms with van der Waals surface area (Å²) >= 11 is 5.79. The van der Waals surface area contributed by atoms with Crippen LogP contribution in [0.1, 0.15) is 11.1 Å². The molecule has 1 aromatic carbocycles. The Hall–Kier alpha value is -2.01. The van der Waals surface area contributed by atoms with Gasteiger partial charge in [-0.1, -0.05) is 6.07 Å². The number of aromatic nitrogens is 2. The average molecular weight is 294 g/mol. The number of hydrogen-bond acceptors (Lipinski definition) is 5. The molecule has 20 heavy (non-hydrogen) atoms. The second-order valence-electron chi connectivity index (χ2n) is 4.21. The van der Waals surface area contributed by atoms with Crippen molar-refractivity contribution in [2.75, 3.05) is 19.5 Å². The predicted octanol–water partition coefficient (Wildman–Crippen LogP) is 3.07. The van der Waals surface area contributed by atoms with Gasteiger partial charge >= 0.3 is 0 Å². The molecule has 1 N–H and O–H groups in total. The number of anilines is 1. The predicted molar refractivity (Wildman–Crippen MR) is 78.7 cm³/mol. The molecule has 0 amide bonds. The average Bonchev–Trinajstić information content (AvgIpc) is 2.47. The molecular weight excluding hydrogens is 278 g/mol. The summed E-state index contributed by atoms with van der Waals surface area (Å²) in [6, 6.07) is 5.76. The van der Waals surface area contributed by atoms with Gasteiger partial charge in [-0.3, -0.25) is 0 Å². The number of aryl methyl sites for hydroxylation is 1. The minimum Gasteiger partial charge on any atom is -0.493 e. The highest BCUT2D eigenvalue weighted by molar-refractivity contribution is 6.28. The molecule has 2 rings (SSSR count). The van der Waals surface area contributed by atoms with Gasteiger partial charge in [-0.2, -0.15) is 0 Å². The standard InChI is InChI=1S/C14H16ClN3O2/c1-9-7-17-14(15)18-13(9)16-8-10-4-5-11(19-2)12(6-10)20-3/h4-7H,8H2,1-3H3,(H,16,17,18). The quantitative estimate of drug-likeness (QED) is 0.859. The molecule has 1 heterocycles. The highest BCUT2D eigenvalue weighted by atomic mass is 35.5. The van der Waals surface area contributed by atoms with Crippen molar-refractivity contribution in [1.82, 2.24) is 9.97 Å². The minimum atomic E-state index is 0.227. The van der Waals surface area contributed by atoms with Crippen molar-refractivity contribution in [3.63, 3.8) is 0 Å². The van der Waals surface area contributed by atoms with Crippen LogP contribution < -0.4 is 14.8 Å². The zero-order chi connectivity index (χ0) is 14.5. The van der Waals surface area contributed by atoms with Crippen molar-refractivity contribution < 1.29 is 9.47 Å². The lowest BCUT2D eigenvalue weighted by Gasteiger charge is -2.11. The number of halogens is 1. The molecule has 2 aromatic rings. The van der Waals surface area contributed by atoms with E-state index in [1.165, 1.54) is 0 Å². The van der Waals surface area contributed by atoms with Crippen LogP contribution in [0, 0.1) is 6.92 Å². The van der Waals surface area contributed by atoms with E-state index in [0.29, 0.717) is 18.0 Å².